The van der Waals surface area contributed by atoms with E-state index in [4.69, 9.17) is 33.7 Å². The SMILES string of the molecule is CC1COc2c(N3CCN(C)CC3)c(F)cc3c(=O)c(C(=O)O)cn1c23.CO[C@H]1/C=C/O[C@@]2(C)Oc3c(C)c(O)c4c(O)c(c5c(c4c3C2=O)=NC2(CCN(CC(C)C)CC2)N=5)NC(=O)/C(C)=C\C=C\[C@H](C)[C@H](O)[C@@H](C)[C@@H](O)[C@@H](C)[C@H](OC(C)=O)[C@@H]1C. The van der Waals surface area contributed by atoms with Crippen molar-refractivity contribution >= 4 is 56.7 Å². The standard InChI is InChI=1S/C46H62N4O11.C18H20FN3O4/c1-22(2)21-50-18-16-46(17-19-50)48-34-31-32-39(54)28(8)42-33(31)43(56)45(10,61-42)59-20-15-30(58-11)25(5)41(60-29(9)51)27(7)38(53)26(6)37(52)23(3)13-12-14-24(4)44(57)47-36(40(32)55)35(34)49-46;1-10-9-26-17-14-11(16(23)12(18(24)25)8-22(10)14)7-13(19)15(17)21-5-3-20(2)4-6-21/h12-15,20,22-23,25-27,30,37-38,41,52-55H,16-19,21H2,1-11H3,(H,47,57);7-8,10H,3-6,9H2,1-2H3,(H,24,25)/b13-12+,20-15+,24-14-;/t23-,25+,26+,27+,30-,37-,38+,41+,45-;/m0./s1. The van der Waals surface area contributed by atoms with Gasteiger partial charge in [0.1, 0.15) is 46.5 Å². The maximum Gasteiger partial charge on any atom is 0.341 e. The van der Waals surface area contributed by atoms with E-state index in [0.29, 0.717) is 61.9 Å². The lowest BCUT2D eigenvalue weighted by Crippen LogP contribution is -2.46. The summed E-state index contributed by atoms with van der Waals surface area (Å²) in [5.74, 6) is -7.99. The van der Waals surface area contributed by atoms with Crippen LogP contribution in [0.25, 0.3) is 21.7 Å². The van der Waals surface area contributed by atoms with E-state index < -0.39 is 100 Å². The molecule has 7 heterocycles. The smallest absolute Gasteiger partial charge is 0.341 e. The fraction of sp³-hybridized carbons (Fsp3) is 0.547. The van der Waals surface area contributed by atoms with Crippen molar-refractivity contribution in [3.05, 3.63) is 91.8 Å². The number of methoxy groups -OCH3 is 1. The number of likely N-dealkylation sites (N-methyl/N-ethyl adjacent to an activating group) is 1. The van der Waals surface area contributed by atoms with Crippen molar-refractivity contribution in [2.24, 2.45) is 39.6 Å². The van der Waals surface area contributed by atoms with E-state index in [2.05, 4.69) is 29.0 Å². The zero-order valence-corrected chi connectivity index (χ0v) is 51.8. The van der Waals surface area contributed by atoms with E-state index in [1.54, 1.807) is 70.4 Å². The molecule has 22 nitrogen and oxygen atoms in total. The summed E-state index contributed by atoms with van der Waals surface area (Å²) in [7, 11) is 3.48. The van der Waals surface area contributed by atoms with Gasteiger partial charge in [-0.1, -0.05) is 59.8 Å². The second kappa shape index (κ2) is 25.0. The number of ether oxygens (including phenoxy) is 5. The number of aliphatic hydroxyl groups excluding tert-OH is 2. The summed E-state index contributed by atoms with van der Waals surface area (Å²) < 4.78 is 46.5. The van der Waals surface area contributed by atoms with Crippen molar-refractivity contribution in [2.75, 3.05) is 76.8 Å². The number of aromatic carboxylic acids is 1. The molecule has 0 saturated carbocycles. The summed E-state index contributed by atoms with van der Waals surface area (Å²) in [5.41, 5.74) is -0.796. The first-order valence-corrected chi connectivity index (χ1v) is 29.8. The third-order valence-corrected chi connectivity index (χ3v) is 18.1. The third kappa shape index (κ3) is 12.0. The van der Waals surface area contributed by atoms with Gasteiger partial charge < -0.3 is 73.8 Å². The van der Waals surface area contributed by atoms with Gasteiger partial charge in [0, 0.05) is 126 Å². The van der Waals surface area contributed by atoms with Crippen LogP contribution in [-0.4, -0.2) is 166 Å². The van der Waals surface area contributed by atoms with Crippen LogP contribution in [0.2, 0.25) is 0 Å². The first kappa shape index (κ1) is 64.0. The zero-order valence-electron chi connectivity index (χ0n) is 51.8. The molecule has 0 aliphatic carbocycles. The molecule has 6 aliphatic rings. The number of piperidine rings is 1. The Morgan fingerprint density at radius 1 is 0.897 bits per heavy atom. The van der Waals surface area contributed by atoms with Crippen LogP contribution in [0.1, 0.15) is 114 Å². The number of allylic oxidation sites excluding steroid dienone is 2. The van der Waals surface area contributed by atoms with Crippen LogP contribution >= 0.6 is 0 Å². The number of esters is 1. The van der Waals surface area contributed by atoms with Crippen molar-refractivity contribution in [1.82, 2.24) is 14.4 Å². The van der Waals surface area contributed by atoms with Gasteiger partial charge in [-0.3, -0.25) is 29.2 Å². The number of Topliss-reactive ketones (excluding diaryl/α,β-unsaturated/α-hetero) is 1. The van der Waals surface area contributed by atoms with Crippen molar-refractivity contribution in [3.63, 3.8) is 0 Å². The number of anilines is 2. The maximum absolute atomic E-state index is 15.0. The van der Waals surface area contributed by atoms with Crippen LogP contribution in [0, 0.1) is 42.3 Å². The summed E-state index contributed by atoms with van der Waals surface area (Å²) in [6.45, 7) is 24.6. The molecule has 6 aliphatic heterocycles. The van der Waals surface area contributed by atoms with Crippen molar-refractivity contribution < 1.29 is 72.8 Å². The molecule has 87 heavy (non-hydrogen) atoms. The number of nitrogens with one attached hydrogen (secondary N) is 1. The molecule has 1 amide bonds. The van der Waals surface area contributed by atoms with Crippen LogP contribution in [0.4, 0.5) is 15.8 Å². The molecule has 10 atom stereocenters. The number of pyridine rings is 1. The fourth-order valence-corrected chi connectivity index (χ4v) is 12.9. The average molecular weight is 1210 g/mol. The predicted molar refractivity (Wildman–Crippen MR) is 323 cm³/mol. The number of carbonyl (C=O) groups excluding carboxylic acids is 3. The number of piperazine rings is 1. The molecular weight excluding hydrogens is 1130 g/mol. The molecule has 4 bridgehead atoms. The molecular formula is C64H82FN7O15. The molecule has 23 heteroatoms. The summed E-state index contributed by atoms with van der Waals surface area (Å²) >= 11 is 0. The van der Waals surface area contributed by atoms with Gasteiger partial charge in [0.25, 0.3) is 11.7 Å². The van der Waals surface area contributed by atoms with Crippen LogP contribution in [0.5, 0.6) is 23.0 Å². The summed E-state index contributed by atoms with van der Waals surface area (Å²) in [6.07, 6.45) is 6.38. The highest BCUT2D eigenvalue weighted by Gasteiger charge is 2.50. The minimum Gasteiger partial charge on any atom is -0.507 e. The second-order valence-corrected chi connectivity index (χ2v) is 24.9. The van der Waals surface area contributed by atoms with Gasteiger partial charge in [0.2, 0.25) is 5.43 Å². The molecule has 470 valence electrons. The van der Waals surface area contributed by atoms with E-state index in [1.807, 2.05) is 18.9 Å². The van der Waals surface area contributed by atoms with E-state index in [9.17, 15) is 53.9 Å². The van der Waals surface area contributed by atoms with E-state index >= 15 is 0 Å². The Hall–Kier alpha value is -7.44. The number of hydrogen-bond acceptors (Lipinski definition) is 19. The van der Waals surface area contributed by atoms with E-state index in [1.165, 1.54) is 33.4 Å². The summed E-state index contributed by atoms with van der Waals surface area (Å²) in [6, 6.07) is 0.994. The number of aromatic nitrogens is 1. The quantitative estimate of drug-likeness (QED) is 0.0913. The highest BCUT2D eigenvalue weighted by Crippen LogP contribution is 2.50. The average Bonchev–Trinajstić information content (AvgIpc) is 1.64. The van der Waals surface area contributed by atoms with Gasteiger partial charge in [-0.2, -0.15) is 0 Å². The Labute approximate surface area is 504 Å². The molecule has 2 fully saturated rings. The van der Waals surface area contributed by atoms with Crippen molar-refractivity contribution in [1.29, 1.82) is 0 Å². The largest absolute Gasteiger partial charge is 0.507 e. The molecule has 0 radical (unpaired) electrons. The Bertz CT molecular complexity index is 3700. The third-order valence-electron chi connectivity index (χ3n) is 18.1. The number of carboxylic acids is 1. The number of likely N-dealkylation sites (tertiary alicyclic amines) is 1. The minimum atomic E-state index is -1.96. The fourth-order valence-electron chi connectivity index (χ4n) is 12.9. The van der Waals surface area contributed by atoms with Crippen LogP contribution in [-0.2, 0) is 23.8 Å². The normalized spacial score (nSPS) is 29.0. The molecule has 1 unspecified atom stereocenters. The lowest BCUT2D eigenvalue weighted by molar-refractivity contribution is -0.160. The summed E-state index contributed by atoms with van der Waals surface area (Å²) in [4.78, 5) is 81.8. The van der Waals surface area contributed by atoms with E-state index in [-0.39, 0.29) is 79.0 Å². The number of carbonyl (C=O) groups is 4. The maximum atomic E-state index is 15.0. The molecule has 10 rings (SSSR count). The number of amides is 1. The van der Waals surface area contributed by atoms with Gasteiger partial charge in [-0.15, -0.1) is 0 Å². The number of ketones is 1. The lowest BCUT2D eigenvalue weighted by atomic mass is 9.78. The molecule has 1 spiro atoms. The number of hydrogen-bond donors (Lipinski definition) is 6. The number of nitrogens with zero attached hydrogens (tertiary/aromatic N) is 6. The van der Waals surface area contributed by atoms with Gasteiger partial charge in [-0.25, -0.2) is 9.18 Å². The van der Waals surface area contributed by atoms with Crippen LogP contribution in [0.15, 0.2) is 63.2 Å². The Morgan fingerprint density at radius 3 is 2.20 bits per heavy atom. The van der Waals surface area contributed by atoms with Crippen molar-refractivity contribution in [3.8, 4) is 23.0 Å². The number of aliphatic hydroxyl groups is 2. The van der Waals surface area contributed by atoms with Crippen molar-refractivity contribution in [2.45, 2.75) is 131 Å². The molecule has 6 N–H and O–H groups in total. The number of carboxylic acid groups (broad SMARTS) is 1. The second-order valence-electron chi connectivity index (χ2n) is 24.9. The Kier molecular flexibility index (Phi) is 18.4. The topological polar surface area (TPSA) is 284 Å². The number of aromatic hydroxyl groups is 2. The van der Waals surface area contributed by atoms with Crippen LogP contribution in [0.3, 0.4) is 0 Å². The molecule has 1 aromatic heterocycles. The Balaban J connectivity index is 0.000000286. The number of phenols is 2. The number of benzene rings is 3. The number of fused-ring (bicyclic) bond motifs is 1. The number of halogens is 1. The zero-order chi connectivity index (χ0) is 63.5. The van der Waals surface area contributed by atoms with E-state index in [0.717, 1.165) is 25.7 Å². The highest BCUT2D eigenvalue weighted by molar-refractivity contribution is 6.19. The predicted octanol–water partition coefficient (Wildman–Crippen LogP) is 6.29. The van der Waals surface area contributed by atoms with Gasteiger partial charge in [0.15, 0.2) is 23.0 Å². The van der Waals surface area contributed by atoms with Gasteiger partial charge >= 0.3 is 17.7 Å². The van der Waals surface area contributed by atoms with Gasteiger partial charge in [-0.05, 0) is 45.9 Å². The summed E-state index contributed by atoms with van der Waals surface area (Å²) in [5, 5.41) is 59.5. The molecule has 4 aromatic rings. The first-order valence-electron chi connectivity index (χ1n) is 29.8. The first-order chi connectivity index (χ1) is 41.0. The molecule has 3 aromatic carbocycles. The molecule has 2 saturated heterocycles. The van der Waals surface area contributed by atoms with Crippen LogP contribution < -0.4 is 35.8 Å². The minimum absolute atomic E-state index is 0.0364. The monoisotopic (exact) mass is 1210 g/mol. The van der Waals surface area contributed by atoms with Gasteiger partial charge in [0.05, 0.1) is 57.8 Å². The lowest BCUT2D eigenvalue weighted by Gasteiger charge is -2.38. The highest BCUT2D eigenvalue weighted by atomic mass is 19.1. The number of phenolic OH excluding ortho intramolecular Hbond substituents is 2. The Morgan fingerprint density at radius 2 is 1.56 bits per heavy atom. The number of rotatable bonds is 6.